The summed E-state index contributed by atoms with van der Waals surface area (Å²) in [5, 5.41) is 9.46. The number of rotatable bonds is 3. The van der Waals surface area contributed by atoms with Gasteiger partial charge < -0.3 is 5.11 Å². The lowest BCUT2D eigenvalue weighted by Crippen LogP contribution is -2.35. The molecule has 2 unspecified atom stereocenters. The molecule has 2 atom stereocenters. The topological polar surface area (TPSA) is 23.5 Å². The van der Waals surface area contributed by atoms with Crippen LogP contribution in [0.5, 0.6) is 5.75 Å². The molecular weight excluding hydrogens is 210 g/mol. The van der Waals surface area contributed by atoms with Gasteiger partial charge >= 0.3 is 0 Å². The van der Waals surface area contributed by atoms with Crippen LogP contribution >= 0.6 is 0 Å². The molecule has 0 saturated heterocycles. The molecular formula is C15H23NO. The summed E-state index contributed by atoms with van der Waals surface area (Å²) in [6.07, 6.45) is 5.38. The molecule has 0 heterocycles. The van der Waals surface area contributed by atoms with Crippen molar-refractivity contribution in [2.24, 2.45) is 5.92 Å². The van der Waals surface area contributed by atoms with Gasteiger partial charge in [0, 0.05) is 12.6 Å². The van der Waals surface area contributed by atoms with Crippen LogP contribution in [-0.2, 0) is 6.54 Å². The van der Waals surface area contributed by atoms with Gasteiger partial charge in [0.2, 0.25) is 0 Å². The van der Waals surface area contributed by atoms with E-state index in [-0.39, 0.29) is 0 Å². The van der Waals surface area contributed by atoms with Crippen LogP contribution < -0.4 is 0 Å². The molecule has 0 aliphatic heterocycles. The summed E-state index contributed by atoms with van der Waals surface area (Å²) < 4.78 is 0. The van der Waals surface area contributed by atoms with Crippen molar-refractivity contribution in [1.29, 1.82) is 0 Å². The van der Waals surface area contributed by atoms with Crippen molar-refractivity contribution in [3.63, 3.8) is 0 Å². The molecule has 17 heavy (non-hydrogen) atoms. The molecule has 2 heteroatoms. The average molecular weight is 233 g/mol. The lowest BCUT2D eigenvalue weighted by atomic mass is 9.86. The number of hydrogen-bond donors (Lipinski definition) is 1. The second-order valence-electron chi connectivity index (χ2n) is 5.51. The molecule has 0 amide bonds. The Kier molecular flexibility index (Phi) is 4.06. The zero-order valence-electron chi connectivity index (χ0n) is 10.9. The highest BCUT2D eigenvalue weighted by molar-refractivity contribution is 5.27. The standard InChI is InChI=1S/C15H23NO/c1-12-5-3-7-14(9-12)16(2)11-13-6-4-8-15(17)10-13/h4,6,8,10,12,14,17H,3,5,7,9,11H2,1-2H3. The number of phenolic OH excluding ortho intramolecular Hbond substituents is 1. The monoisotopic (exact) mass is 233 g/mol. The molecule has 0 radical (unpaired) electrons. The quantitative estimate of drug-likeness (QED) is 0.865. The van der Waals surface area contributed by atoms with Gasteiger partial charge in [0.1, 0.15) is 5.75 Å². The molecule has 2 nitrogen and oxygen atoms in total. The Bertz CT molecular complexity index is 364. The fourth-order valence-electron chi connectivity index (χ4n) is 2.87. The maximum Gasteiger partial charge on any atom is 0.115 e. The van der Waals surface area contributed by atoms with E-state index in [0.29, 0.717) is 11.8 Å². The summed E-state index contributed by atoms with van der Waals surface area (Å²) in [7, 11) is 2.20. The van der Waals surface area contributed by atoms with E-state index in [2.05, 4.69) is 24.9 Å². The Labute approximate surface area is 104 Å². The average Bonchev–Trinajstić information content (AvgIpc) is 2.29. The van der Waals surface area contributed by atoms with Gasteiger partial charge in [-0.1, -0.05) is 31.9 Å². The number of hydrogen-bond acceptors (Lipinski definition) is 2. The van der Waals surface area contributed by atoms with E-state index in [1.54, 1.807) is 6.07 Å². The minimum Gasteiger partial charge on any atom is -0.508 e. The van der Waals surface area contributed by atoms with Crippen LogP contribution in [0.4, 0.5) is 0 Å². The Hall–Kier alpha value is -1.02. The van der Waals surface area contributed by atoms with Crippen molar-refractivity contribution in [3.05, 3.63) is 29.8 Å². The minimum absolute atomic E-state index is 0.368. The zero-order chi connectivity index (χ0) is 12.3. The molecule has 1 aromatic carbocycles. The Morgan fingerprint density at radius 3 is 2.88 bits per heavy atom. The first-order valence-electron chi connectivity index (χ1n) is 6.63. The van der Waals surface area contributed by atoms with E-state index < -0.39 is 0 Å². The first kappa shape index (κ1) is 12.4. The van der Waals surface area contributed by atoms with Crippen LogP contribution in [0.3, 0.4) is 0 Å². The molecule has 0 aromatic heterocycles. The molecule has 1 aliphatic carbocycles. The van der Waals surface area contributed by atoms with Crippen molar-refractivity contribution in [1.82, 2.24) is 4.90 Å². The van der Waals surface area contributed by atoms with Crippen LogP contribution in [0.2, 0.25) is 0 Å². The van der Waals surface area contributed by atoms with Gasteiger partial charge in [-0.05, 0) is 43.5 Å². The van der Waals surface area contributed by atoms with Gasteiger partial charge in [0.25, 0.3) is 0 Å². The SMILES string of the molecule is CC1CCCC(N(C)Cc2cccc(O)c2)C1. The zero-order valence-corrected chi connectivity index (χ0v) is 10.9. The third-order valence-corrected chi connectivity index (χ3v) is 3.87. The summed E-state index contributed by atoms with van der Waals surface area (Å²) in [6.45, 7) is 3.29. The fraction of sp³-hybridized carbons (Fsp3) is 0.600. The molecule has 0 bridgehead atoms. The molecule has 1 N–H and O–H groups in total. The van der Waals surface area contributed by atoms with E-state index in [9.17, 15) is 5.11 Å². The highest BCUT2D eigenvalue weighted by Gasteiger charge is 2.22. The van der Waals surface area contributed by atoms with Crippen LogP contribution in [-0.4, -0.2) is 23.1 Å². The van der Waals surface area contributed by atoms with Crippen molar-refractivity contribution in [2.45, 2.75) is 45.2 Å². The first-order valence-corrected chi connectivity index (χ1v) is 6.63. The van der Waals surface area contributed by atoms with E-state index >= 15 is 0 Å². The van der Waals surface area contributed by atoms with Gasteiger partial charge in [-0.2, -0.15) is 0 Å². The van der Waals surface area contributed by atoms with E-state index in [1.165, 1.54) is 31.2 Å². The third kappa shape index (κ3) is 3.47. The molecule has 1 saturated carbocycles. The van der Waals surface area contributed by atoms with E-state index in [0.717, 1.165) is 12.5 Å². The lowest BCUT2D eigenvalue weighted by molar-refractivity contribution is 0.157. The third-order valence-electron chi connectivity index (χ3n) is 3.87. The predicted molar refractivity (Wildman–Crippen MR) is 71.0 cm³/mol. The summed E-state index contributed by atoms with van der Waals surface area (Å²) in [4.78, 5) is 2.43. The lowest BCUT2D eigenvalue weighted by Gasteiger charge is -2.34. The van der Waals surface area contributed by atoms with Gasteiger partial charge in [0.05, 0.1) is 0 Å². The van der Waals surface area contributed by atoms with Crippen LogP contribution in [0.1, 0.15) is 38.2 Å². The molecule has 1 aliphatic rings. The Morgan fingerprint density at radius 2 is 2.18 bits per heavy atom. The van der Waals surface area contributed by atoms with Crippen LogP contribution in [0.25, 0.3) is 0 Å². The number of aromatic hydroxyl groups is 1. The highest BCUT2D eigenvalue weighted by atomic mass is 16.3. The molecule has 0 spiro atoms. The predicted octanol–water partition coefficient (Wildman–Crippen LogP) is 3.40. The summed E-state index contributed by atoms with van der Waals surface area (Å²) in [6, 6.07) is 8.31. The molecule has 2 rings (SSSR count). The largest absolute Gasteiger partial charge is 0.508 e. The molecule has 94 valence electrons. The van der Waals surface area contributed by atoms with E-state index in [4.69, 9.17) is 0 Å². The number of nitrogens with zero attached hydrogens (tertiary/aromatic N) is 1. The van der Waals surface area contributed by atoms with Gasteiger partial charge in [0.15, 0.2) is 0 Å². The number of phenols is 1. The normalized spacial score (nSPS) is 25.1. The molecule has 1 fully saturated rings. The van der Waals surface area contributed by atoms with Gasteiger partial charge in [-0.25, -0.2) is 0 Å². The second-order valence-corrected chi connectivity index (χ2v) is 5.51. The van der Waals surface area contributed by atoms with Crippen LogP contribution in [0.15, 0.2) is 24.3 Å². The summed E-state index contributed by atoms with van der Waals surface area (Å²) >= 11 is 0. The van der Waals surface area contributed by atoms with Gasteiger partial charge in [-0.15, -0.1) is 0 Å². The van der Waals surface area contributed by atoms with Gasteiger partial charge in [-0.3, -0.25) is 4.90 Å². The highest BCUT2D eigenvalue weighted by Crippen LogP contribution is 2.27. The second kappa shape index (κ2) is 5.54. The minimum atomic E-state index is 0.368. The molecule has 1 aromatic rings. The van der Waals surface area contributed by atoms with Crippen LogP contribution in [0, 0.1) is 5.92 Å². The van der Waals surface area contributed by atoms with Crippen molar-refractivity contribution < 1.29 is 5.11 Å². The maximum absolute atomic E-state index is 9.46. The first-order chi connectivity index (χ1) is 8.15. The summed E-state index contributed by atoms with van der Waals surface area (Å²) in [5.74, 6) is 1.23. The Balaban J connectivity index is 1.94. The summed E-state index contributed by atoms with van der Waals surface area (Å²) in [5.41, 5.74) is 1.20. The van der Waals surface area contributed by atoms with E-state index in [1.807, 2.05) is 12.1 Å². The van der Waals surface area contributed by atoms with Crippen molar-refractivity contribution in [3.8, 4) is 5.75 Å². The maximum atomic E-state index is 9.46. The van der Waals surface area contributed by atoms with Crippen molar-refractivity contribution >= 4 is 0 Å². The smallest absolute Gasteiger partial charge is 0.115 e. The Morgan fingerprint density at radius 1 is 1.35 bits per heavy atom. The number of benzene rings is 1. The fourth-order valence-corrected chi connectivity index (χ4v) is 2.87. The van der Waals surface area contributed by atoms with Crippen molar-refractivity contribution in [2.75, 3.05) is 7.05 Å².